The van der Waals surface area contributed by atoms with Crippen molar-refractivity contribution < 1.29 is 14.3 Å². The third kappa shape index (κ3) is 6.46. The summed E-state index contributed by atoms with van der Waals surface area (Å²) in [6.07, 6.45) is 0. The third-order valence-corrected chi connectivity index (χ3v) is 7.65. The van der Waals surface area contributed by atoms with Crippen molar-refractivity contribution >= 4 is 46.1 Å². The molecule has 0 atom stereocenters. The molecule has 3 aromatic rings. The molecule has 1 N–H and O–H groups in total. The van der Waals surface area contributed by atoms with Crippen LogP contribution in [0.2, 0.25) is 5.02 Å². The quantitative estimate of drug-likeness (QED) is 0.390. The Bertz CT molecular complexity index is 1240. The van der Waals surface area contributed by atoms with Gasteiger partial charge in [-0.15, -0.1) is 11.3 Å². The highest BCUT2D eigenvalue weighted by atomic mass is 35.5. The van der Waals surface area contributed by atoms with E-state index < -0.39 is 5.60 Å². The second-order valence-electron chi connectivity index (χ2n) is 10.8. The van der Waals surface area contributed by atoms with E-state index in [0.29, 0.717) is 42.6 Å². The van der Waals surface area contributed by atoms with Gasteiger partial charge in [0.2, 0.25) is 0 Å². The topological polar surface area (TPSA) is 61.9 Å². The summed E-state index contributed by atoms with van der Waals surface area (Å²) in [5, 5.41) is 5.39. The van der Waals surface area contributed by atoms with E-state index in [0.717, 1.165) is 10.6 Å². The van der Waals surface area contributed by atoms with Gasteiger partial charge in [0.05, 0.1) is 15.6 Å². The SMILES string of the molecule is CC(C)(Oc1ccc(C(C)(C)C)cc1)C(=O)Nc1ccc(N2CCN(C(=O)c3cccs3)CC2)c(Cl)c1. The first kappa shape index (κ1) is 27.0. The van der Waals surface area contributed by atoms with Gasteiger partial charge in [0, 0.05) is 31.9 Å². The third-order valence-electron chi connectivity index (χ3n) is 6.49. The number of anilines is 2. The largest absolute Gasteiger partial charge is 0.478 e. The van der Waals surface area contributed by atoms with Crippen LogP contribution in [0.25, 0.3) is 0 Å². The van der Waals surface area contributed by atoms with Gasteiger partial charge in [-0.3, -0.25) is 9.59 Å². The Morgan fingerprint density at radius 2 is 1.62 bits per heavy atom. The number of hydrogen-bond acceptors (Lipinski definition) is 5. The molecule has 1 aliphatic rings. The molecule has 0 radical (unpaired) electrons. The second-order valence-corrected chi connectivity index (χ2v) is 12.1. The van der Waals surface area contributed by atoms with Crippen molar-refractivity contribution in [3.8, 4) is 5.75 Å². The molecule has 2 aromatic carbocycles. The van der Waals surface area contributed by atoms with Gasteiger partial charge in [-0.05, 0) is 66.6 Å². The zero-order valence-electron chi connectivity index (χ0n) is 22.0. The highest BCUT2D eigenvalue weighted by Gasteiger charge is 2.31. The molecule has 0 bridgehead atoms. The van der Waals surface area contributed by atoms with E-state index in [2.05, 4.69) is 31.0 Å². The summed E-state index contributed by atoms with van der Waals surface area (Å²) in [4.78, 5) is 30.5. The second kappa shape index (κ2) is 10.8. The number of carbonyl (C=O) groups is 2. The van der Waals surface area contributed by atoms with Gasteiger partial charge in [-0.25, -0.2) is 0 Å². The Labute approximate surface area is 228 Å². The lowest BCUT2D eigenvalue weighted by Crippen LogP contribution is -2.48. The Kier molecular flexibility index (Phi) is 7.85. The van der Waals surface area contributed by atoms with Crippen molar-refractivity contribution in [1.82, 2.24) is 4.90 Å². The normalized spacial score (nSPS) is 14.4. The lowest BCUT2D eigenvalue weighted by molar-refractivity contribution is -0.128. The monoisotopic (exact) mass is 539 g/mol. The molecule has 2 heterocycles. The standard InChI is InChI=1S/C29H34ClN3O3S/c1-28(2,3)20-8-11-22(12-9-20)36-29(4,5)27(35)31-21-10-13-24(23(30)19-21)32-14-16-33(17-15-32)26(34)25-7-6-18-37-25/h6-13,18-19H,14-17H2,1-5H3,(H,31,35). The minimum atomic E-state index is -1.08. The fraction of sp³-hybridized carbons (Fsp3) is 0.379. The molecule has 6 nitrogen and oxygen atoms in total. The van der Waals surface area contributed by atoms with Crippen molar-refractivity contribution in [3.05, 3.63) is 75.4 Å². The summed E-state index contributed by atoms with van der Waals surface area (Å²) in [7, 11) is 0. The number of halogens is 1. The van der Waals surface area contributed by atoms with Gasteiger partial charge < -0.3 is 19.9 Å². The average molecular weight is 540 g/mol. The van der Waals surface area contributed by atoms with Crippen LogP contribution in [0.1, 0.15) is 49.9 Å². The molecular weight excluding hydrogens is 506 g/mol. The number of nitrogens with one attached hydrogen (secondary N) is 1. The zero-order valence-corrected chi connectivity index (χ0v) is 23.6. The van der Waals surface area contributed by atoms with Gasteiger partial charge >= 0.3 is 0 Å². The Morgan fingerprint density at radius 1 is 0.946 bits per heavy atom. The molecular formula is C29H34ClN3O3S. The minimum Gasteiger partial charge on any atom is -0.478 e. The molecule has 1 aliphatic heterocycles. The summed E-state index contributed by atoms with van der Waals surface area (Å²) < 4.78 is 6.02. The van der Waals surface area contributed by atoms with E-state index >= 15 is 0 Å². The zero-order chi connectivity index (χ0) is 26.8. The summed E-state index contributed by atoms with van der Waals surface area (Å²) >= 11 is 8.08. The van der Waals surface area contributed by atoms with E-state index in [9.17, 15) is 9.59 Å². The fourth-order valence-corrected chi connectivity index (χ4v) is 5.18. The number of carbonyl (C=O) groups excluding carboxylic acids is 2. The van der Waals surface area contributed by atoms with Crippen molar-refractivity contribution in [2.75, 3.05) is 36.4 Å². The highest BCUT2D eigenvalue weighted by molar-refractivity contribution is 7.12. The number of piperazine rings is 1. The Balaban J connectivity index is 1.35. The van der Waals surface area contributed by atoms with Crippen LogP contribution in [-0.2, 0) is 10.2 Å². The van der Waals surface area contributed by atoms with Crippen LogP contribution in [0, 0.1) is 0 Å². The lowest BCUT2D eigenvalue weighted by atomic mass is 9.87. The molecule has 0 aliphatic carbocycles. The van der Waals surface area contributed by atoms with Crippen molar-refractivity contribution in [1.29, 1.82) is 0 Å². The average Bonchev–Trinajstić information content (AvgIpc) is 3.38. The van der Waals surface area contributed by atoms with E-state index in [-0.39, 0.29) is 17.2 Å². The summed E-state index contributed by atoms with van der Waals surface area (Å²) in [6.45, 7) is 12.6. The molecule has 4 rings (SSSR count). The van der Waals surface area contributed by atoms with Crippen LogP contribution < -0.4 is 15.0 Å². The molecule has 37 heavy (non-hydrogen) atoms. The van der Waals surface area contributed by atoms with Gasteiger partial charge in [-0.2, -0.15) is 0 Å². The lowest BCUT2D eigenvalue weighted by Gasteiger charge is -2.36. The maximum atomic E-state index is 13.0. The van der Waals surface area contributed by atoms with Crippen LogP contribution in [0.3, 0.4) is 0 Å². The van der Waals surface area contributed by atoms with E-state index in [4.69, 9.17) is 16.3 Å². The predicted octanol–water partition coefficient (Wildman–Crippen LogP) is 6.46. The summed E-state index contributed by atoms with van der Waals surface area (Å²) in [5.74, 6) is 0.448. The number of nitrogens with zero attached hydrogens (tertiary/aromatic N) is 2. The van der Waals surface area contributed by atoms with Gasteiger partial charge in [0.15, 0.2) is 5.60 Å². The molecule has 1 aromatic heterocycles. The maximum absolute atomic E-state index is 13.0. The van der Waals surface area contributed by atoms with Crippen LogP contribution >= 0.6 is 22.9 Å². The number of thiophene rings is 1. The number of ether oxygens (including phenoxy) is 1. The number of benzene rings is 2. The van der Waals surface area contributed by atoms with Gasteiger partial charge in [0.25, 0.3) is 11.8 Å². The number of rotatable bonds is 6. The maximum Gasteiger partial charge on any atom is 0.267 e. The number of hydrogen-bond donors (Lipinski definition) is 1. The first-order valence-electron chi connectivity index (χ1n) is 12.4. The molecule has 0 spiro atoms. The molecule has 1 fully saturated rings. The minimum absolute atomic E-state index is 0.0476. The van der Waals surface area contributed by atoms with E-state index in [1.165, 1.54) is 16.9 Å². The van der Waals surface area contributed by atoms with Crippen LogP contribution in [0.15, 0.2) is 60.0 Å². The van der Waals surface area contributed by atoms with Crippen LogP contribution in [0.5, 0.6) is 5.75 Å². The molecule has 0 saturated carbocycles. The van der Waals surface area contributed by atoms with E-state index in [1.807, 2.05) is 58.8 Å². The number of amides is 2. The highest BCUT2D eigenvalue weighted by Crippen LogP contribution is 2.31. The van der Waals surface area contributed by atoms with Gasteiger partial charge in [-0.1, -0.05) is 50.6 Å². The van der Waals surface area contributed by atoms with Crippen molar-refractivity contribution in [2.45, 2.75) is 45.6 Å². The van der Waals surface area contributed by atoms with Crippen molar-refractivity contribution in [3.63, 3.8) is 0 Å². The first-order chi connectivity index (χ1) is 17.4. The van der Waals surface area contributed by atoms with Crippen molar-refractivity contribution in [2.24, 2.45) is 0 Å². The molecule has 1 saturated heterocycles. The molecule has 0 unspecified atom stereocenters. The smallest absolute Gasteiger partial charge is 0.267 e. The predicted molar refractivity (Wildman–Crippen MR) is 152 cm³/mol. The van der Waals surface area contributed by atoms with E-state index in [1.54, 1.807) is 19.9 Å². The molecule has 8 heteroatoms. The van der Waals surface area contributed by atoms with Crippen LogP contribution in [0.4, 0.5) is 11.4 Å². The Hall–Kier alpha value is -3.03. The fourth-order valence-electron chi connectivity index (χ4n) is 4.19. The van der Waals surface area contributed by atoms with Crippen LogP contribution in [-0.4, -0.2) is 48.5 Å². The molecule has 2 amide bonds. The summed E-state index contributed by atoms with van der Waals surface area (Å²) in [6, 6.07) is 17.1. The first-order valence-corrected chi connectivity index (χ1v) is 13.7. The Morgan fingerprint density at radius 3 is 2.19 bits per heavy atom. The van der Waals surface area contributed by atoms with Gasteiger partial charge in [0.1, 0.15) is 5.75 Å². The molecule has 196 valence electrons. The summed E-state index contributed by atoms with van der Waals surface area (Å²) in [5.41, 5.74) is 1.65.